The Morgan fingerprint density at radius 1 is 1.24 bits per heavy atom. The summed E-state index contributed by atoms with van der Waals surface area (Å²) in [6.07, 6.45) is 1.53. The minimum atomic E-state index is 0.174. The zero-order valence-corrected chi connectivity index (χ0v) is 13.8. The SMILES string of the molecule is Cc1c(C)n(C(C)c2cccc(Br)c2)c2ncnc(N)c12. The zero-order valence-electron chi connectivity index (χ0n) is 12.3. The number of halogens is 1. The predicted molar refractivity (Wildman–Crippen MR) is 89.4 cm³/mol. The molecule has 5 heteroatoms. The van der Waals surface area contributed by atoms with Crippen molar-refractivity contribution in [2.24, 2.45) is 0 Å². The highest BCUT2D eigenvalue weighted by Gasteiger charge is 2.19. The minimum absolute atomic E-state index is 0.174. The van der Waals surface area contributed by atoms with Crippen LogP contribution in [0.5, 0.6) is 0 Å². The van der Waals surface area contributed by atoms with Crippen molar-refractivity contribution in [3.05, 3.63) is 51.9 Å². The number of hydrogen-bond donors (Lipinski definition) is 1. The Morgan fingerprint density at radius 2 is 2.00 bits per heavy atom. The minimum Gasteiger partial charge on any atom is -0.383 e. The van der Waals surface area contributed by atoms with Gasteiger partial charge in [0.25, 0.3) is 0 Å². The fraction of sp³-hybridized carbons (Fsp3) is 0.250. The van der Waals surface area contributed by atoms with Crippen molar-refractivity contribution >= 4 is 32.8 Å². The van der Waals surface area contributed by atoms with Crippen LogP contribution in [0.25, 0.3) is 11.0 Å². The molecule has 0 fully saturated rings. The highest BCUT2D eigenvalue weighted by atomic mass is 79.9. The average molecular weight is 345 g/mol. The Balaban J connectivity index is 2.25. The van der Waals surface area contributed by atoms with Crippen LogP contribution in [0.1, 0.15) is 29.8 Å². The predicted octanol–water partition coefficient (Wildman–Crippen LogP) is 4.00. The third-order valence-corrected chi connectivity index (χ3v) is 4.58. The van der Waals surface area contributed by atoms with Crippen molar-refractivity contribution in [2.75, 3.05) is 5.73 Å². The highest BCUT2D eigenvalue weighted by Crippen LogP contribution is 2.32. The second-order valence-electron chi connectivity index (χ2n) is 5.27. The molecule has 108 valence electrons. The molecule has 21 heavy (non-hydrogen) atoms. The number of aryl methyl sites for hydroxylation is 1. The van der Waals surface area contributed by atoms with E-state index in [1.54, 1.807) is 0 Å². The summed E-state index contributed by atoms with van der Waals surface area (Å²) in [6, 6.07) is 8.51. The quantitative estimate of drug-likeness (QED) is 0.764. The summed E-state index contributed by atoms with van der Waals surface area (Å²) >= 11 is 3.53. The van der Waals surface area contributed by atoms with Crippen LogP contribution in [0.2, 0.25) is 0 Å². The van der Waals surface area contributed by atoms with Crippen molar-refractivity contribution < 1.29 is 0 Å². The molecular weight excluding hydrogens is 328 g/mol. The first-order valence-electron chi connectivity index (χ1n) is 6.83. The molecule has 0 bridgehead atoms. The van der Waals surface area contributed by atoms with Crippen LogP contribution in [-0.4, -0.2) is 14.5 Å². The third kappa shape index (κ3) is 2.21. The number of fused-ring (bicyclic) bond motifs is 1. The summed E-state index contributed by atoms with van der Waals surface area (Å²) in [5, 5.41) is 0.955. The van der Waals surface area contributed by atoms with Crippen LogP contribution >= 0.6 is 15.9 Å². The summed E-state index contributed by atoms with van der Waals surface area (Å²) in [7, 11) is 0. The molecule has 1 unspecified atom stereocenters. The van der Waals surface area contributed by atoms with Gasteiger partial charge in [-0.15, -0.1) is 0 Å². The molecule has 1 aromatic carbocycles. The number of nitrogen functional groups attached to an aromatic ring is 1. The van der Waals surface area contributed by atoms with Gasteiger partial charge in [0.15, 0.2) is 0 Å². The monoisotopic (exact) mass is 344 g/mol. The second-order valence-corrected chi connectivity index (χ2v) is 6.18. The van der Waals surface area contributed by atoms with Gasteiger partial charge in [0, 0.05) is 10.2 Å². The fourth-order valence-corrected chi connectivity index (χ4v) is 3.26. The average Bonchev–Trinajstić information content (AvgIpc) is 2.71. The van der Waals surface area contributed by atoms with Crippen LogP contribution in [0.15, 0.2) is 35.1 Å². The molecule has 0 aliphatic heterocycles. The van der Waals surface area contributed by atoms with Crippen molar-refractivity contribution in [3.63, 3.8) is 0 Å². The number of rotatable bonds is 2. The molecule has 0 aliphatic carbocycles. The normalized spacial score (nSPS) is 12.8. The lowest BCUT2D eigenvalue weighted by Crippen LogP contribution is -2.09. The summed E-state index contributed by atoms with van der Waals surface area (Å²) in [5.74, 6) is 0.542. The summed E-state index contributed by atoms with van der Waals surface area (Å²) in [4.78, 5) is 8.57. The van der Waals surface area contributed by atoms with Gasteiger partial charge in [-0.05, 0) is 44.0 Å². The van der Waals surface area contributed by atoms with E-state index < -0.39 is 0 Å². The van der Waals surface area contributed by atoms with E-state index in [4.69, 9.17) is 5.73 Å². The van der Waals surface area contributed by atoms with Gasteiger partial charge in [-0.3, -0.25) is 0 Å². The summed E-state index contributed by atoms with van der Waals surface area (Å²) in [5.41, 5.74) is 10.5. The zero-order chi connectivity index (χ0) is 15.1. The first kappa shape index (κ1) is 14.1. The van der Waals surface area contributed by atoms with Gasteiger partial charge >= 0.3 is 0 Å². The van der Waals surface area contributed by atoms with Gasteiger partial charge in [-0.1, -0.05) is 28.1 Å². The van der Waals surface area contributed by atoms with Crippen LogP contribution in [0, 0.1) is 13.8 Å². The smallest absolute Gasteiger partial charge is 0.146 e. The first-order chi connectivity index (χ1) is 10.0. The topological polar surface area (TPSA) is 56.7 Å². The van der Waals surface area contributed by atoms with E-state index in [0.29, 0.717) is 5.82 Å². The van der Waals surface area contributed by atoms with Gasteiger partial charge in [0.2, 0.25) is 0 Å². The molecule has 0 saturated heterocycles. The molecule has 0 amide bonds. The molecule has 0 spiro atoms. The van der Waals surface area contributed by atoms with E-state index in [0.717, 1.165) is 21.1 Å². The Kier molecular flexibility index (Phi) is 3.45. The van der Waals surface area contributed by atoms with E-state index in [1.165, 1.54) is 17.6 Å². The molecule has 0 saturated carbocycles. The molecule has 2 aromatic heterocycles. The van der Waals surface area contributed by atoms with E-state index in [2.05, 4.69) is 63.4 Å². The van der Waals surface area contributed by atoms with Gasteiger partial charge < -0.3 is 10.3 Å². The number of aromatic nitrogens is 3. The lowest BCUT2D eigenvalue weighted by atomic mass is 10.1. The van der Waals surface area contributed by atoms with E-state index >= 15 is 0 Å². The number of benzene rings is 1. The molecule has 4 nitrogen and oxygen atoms in total. The maximum atomic E-state index is 6.03. The van der Waals surface area contributed by atoms with Crippen LogP contribution < -0.4 is 5.73 Å². The number of anilines is 1. The standard InChI is InChI=1S/C16H17BrN4/c1-9-10(2)21(16-14(9)15(18)19-8-20-16)11(3)12-5-4-6-13(17)7-12/h4-8,11H,1-3H3,(H2,18,19,20). The van der Waals surface area contributed by atoms with Crippen LogP contribution in [0.3, 0.4) is 0 Å². The lowest BCUT2D eigenvalue weighted by molar-refractivity contribution is 0.639. The van der Waals surface area contributed by atoms with Crippen molar-refractivity contribution in [2.45, 2.75) is 26.8 Å². The Bertz CT molecular complexity index is 823. The van der Waals surface area contributed by atoms with Gasteiger partial charge in [-0.2, -0.15) is 0 Å². The largest absolute Gasteiger partial charge is 0.383 e. The van der Waals surface area contributed by atoms with E-state index in [1.807, 2.05) is 12.1 Å². The number of hydrogen-bond acceptors (Lipinski definition) is 3. The van der Waals surface area contributed by atoms with Crippen molar-refractivity contribution in [1.82, 2.24) is 14.5 Å². The summed E-state index contributed by atoms with van der Waals surface area (Å²) in [6.45, 7) is 6.35. The van der Waals surface area contributed by atoms with Crippen LogP contribution in [0.4, 0.5) is 5.82 Å². The summed E-state index contributed by atoms with van der Waals surface area (Å²) < 4.78 is 3.30. The Labute approximate surface area is 132 Å². The molecule has 3 rings (SSSR count). The molecule has 0 aliphatic rings. The third-order valence-electron chi connectivity index (χ3n) is 4.08. The molecule has 3 aromatic rings. The number of nitrogens with two attached hydrogens (primary N) is 1. The number of nitrogens with zero attached hydrogens (tertiary/aromatic N) is 3. The van der Waals surface area contributed by atoms with Gasteiger partial charge in [0.05, 0.1) is 11.4 Å². The fourth-order valence-electron chi connectivity index (χ4n) is 2.84. The Morgan fingerprint density at radius 3 is 2.71 bits per heavy atom. The first-order valence-corrected chi connectivity index (χ1v) is 7.63. The second kappa shape index (κ2) is 5.15. The molecular formula is C16H17BrN4. The van der Waals surface area contributed by atoms with E-state index in [9.17, 15) is 0 Å². The highest BCUT2D eigenvalue weighted by molar-refractivity contribution is 9.10. The Hall–Kier alpha value is -1.88. The van der Waals surface area contributed by atoms with Crippen molar-refractivity contribution in [1.29, 1.82) is 0 Å². The van der Waals surface area contributed by atoms with E-state index in [-0.39, 0.29) is 6.04 Å². The molecule has 1 atom stereocenters. The maximum absolute atomic E-state index is 6.03. The molecule has 2 heterocycles. The van der Waals surface area contributed by atoms with Crippen molar-refractivity contribution in [3.8, 4) is 0 Å². The maximum Gasteiger partial charge on any atom is 0.146 e. The molecule has 2 N–H and O–H groups in total. The lowest BCUT2D eigenvalue weighted by Gasteiger charge is -2.18. The van der Waals surface area contributed by atoms with Gasteiger partial charge in [-0.25, -0.2) is 9.97 Å². The molecule has 0 radical (unpaired) electrons. The van der Waals surface area contributed by atoms with Crippen LogP contribution in [-0.2, 0) is 0 Å². The van der Waals surface area contributed by atoms with Gasteiger partial charge in [0.1, 0.15) is 17.8 Å².